The van der Waals surface area contributed by atoms with Crippen LogP contribution in [0.2, 0.25) is 0 Å². The average Bonchev–Trinajstić information content (AvgIpc) is 1.68. The molecule has 0 aromatic heterocycles. The topological polar surface area (TPSA) is 17.1 Å². The van der Waals surface area contributed by atoms with Gasteiger partial charge in [0.2, 0.25) is 0 Å². The van der Waals surface area contributed by atoms with Crippen LogP contribution in [0.5, 0.6) is 0 Å². The summed E-state index contributed by atoms with van der Waals surface area (Å²) in [7, 11) is 0. The molecule has 0 rings (SSSR count). The molecule has 0 aromatic rings. The molecular formula is C5H10OS. The fourth-order valence-corrected chi connectivity index (χ4v) is 0.679. The van der Waals surface area contributed by atoms with Gasteiger partial charge in [0.15, 0.2) is 0 Å². The Bertz CT molecular complexity index is 54.0. The van der Waals surface area contributed by atoms with Crippen LogP contribution in [0.4, 0.5) is 0 Å². The minimum atomic E-state index is 0.192. The van der Waals surface area contributed by atoms with Crippen molar-refractivity contribution in [2.24, 2.45) is 5.92 Å². The molecule has 7 heavy (non-hydrogen) atoms. The maximum absolute atomic E-state index is 9.86. The van der Waals surface area contributed by atoms with E-state index in [0.717, 1.165) is 18.5 Å². The lowest BCUT2D eigenvalue weighted by atomic mass is 10.1. The van der Waals surface area contributed by atoms with Gasteiger partial charge in [-0.25, -0.2) is 0 Å². The second-order valence-electron chi connectivity index (χ2n) is 1.63. The van der Waals surface area contributed by atoms with Crippen molar-refractivity contribution in [3.63, 3.8) is 0 Å². The lowest BCUT2D eigenvalue weighted by Gasteiger charge is -1.94. The first-order valence-electron chi connectivity index (χ1n) is 2.37. The molecule has 0 aromatic carbocycles. The highest BCUT2D eigenvalue weighted by atomic mass is 32.1. The summed E-state index contributed by atoms with van der Waals surface area (Å²) >= 11 is 3.96. The van der Waals surface area contributed by atoms with Gasteiger partial charge in [-0.05, 0) is 12.2 Å². The number of carbonyl (C=O) groups is 1. The summed E-state index contributed by atoms with van der Waals surface area (Å²) in [5.41, 5.74) is 0. The molecule has 2 heteroatoms. The van der Waals surface area contributed by atoms with E-state index in [1.165, 1.54) is 0 Å². The molecule has 42 valence electrons. The Morgan fingerprint density at radius 2 is 2.43 bits per heavy atom. The van der Waals surface area contributed by atoms with Crippen LogP contribution in [0.15, 0.2) is 0 Å². The van der Waals surface area contributed by atoms with Crippen molar-refractivity contribution >= 4 is 18.9 Å². The number of thiol groups is 1. The Labute approximate surface area is 49.5 Å². The summed E-state index contributed by atoms with van der Waals surface area (Å²) in [4.78, 5) is 9.86. The Hall–Kier alpha value is 0.0200. The Kier molecular flexibility index (Phi) is 4.20. The van der Waals surface area contributed by atoms with Crippen molar-refractivity contribution in [3.8, 4) is 0 Å². The van der Waals surface area contributed by atoms with Crippen LogP contribution in [0.25, 0.3) is 0 Å². The van der Waals surface area contributed by atoms with Crippen LogP contribution in [-0.2, 0) is 4.79 Å². The first-order valence-corrected chi connectivity index (χ1v) is 3.00. The zero-order chi connectivity index (χ0) is 5.70. The quantitative estimate of drug-likeness (QED) is 0.434. The SMILES string of the molecule is CC(C=O)CCS. The molecule has 0 fully saturated rings. The smallest absolute Gasteiger partial charge is 0.122 e. The van der Waals surface area contributed by atoms with E-state index in [2.05, 4.69) is 12.6 Å². The summed E-state index contributed by atoms with van der Waals surface area (Å²) in [6, 6.07) is 0. The highest BCUT2D eigenvalue weighted by molar-refractivity contribution is 7.80. The van der Waals surface area contributed by atoms with Gasteiger partial charge in [0, 0.05) is 5.92 Å². The minimum absolute atomic E-state index is 0.192. The molecule has 0 amide bonds. The number of rotatable bonds is 3. The predicted octanol–water partition coefficient (Wildman–Crippen LogP) is 1.14. The highest BCUT2D eigenvalue weighted by Crippen LogP contribution is 1.96. The summed E-state index contributed by atoms with van der Waals surface area (Å²) in [6.45, 7) is 1.89. The molecule has 0 aliphatic carbocycles. The molecule has 1 unspecified atom stereocenters. The van der Waals surface area contributed by atoms with Gasteiger partial charge < -0.3 is 4.79 Å². The van der Waals surface area contributed by atoms with Crippen molar-refractivity contribution in [2.45, 2.75) is 13.3 Å². The lowest BCUT2D eigenvalue weighted by molar-refractivity contribution is -0.110. The maximum Gasteiger partial charge on any atom is 0.122 e. The van der Waals surface area contributed by atoms with E-state index < -0.39 is 0 Å². The average molecular weight is 118 g/mol. The molecule has 0 radical (unpaired) electrons. The van der Waals surface area contributed by atoms with Crippen LogP contribution in [0.1, 0.15) is 13.3 Å². The van der Waals surface area contributed by atoms with Gasteiger partial charge in [0.25, 0.3) is 0 Å². The molecule has 0 aliphatic rings. The summed E-state index contributed by atoms with van der Waals surface area (Å²) in [6.07, 6.45) is 1.85. The van der Waals surface area contributed by atoms with Gasteiger partial charge in [-0.1, -0.05) is 6.92 Å². The monoisotopic (exact) mass is 118 g/mol. The van der Waals surface area contributed by atoms with Crippen molar-refractivity contribution in [3.05, 3.63) is 0 Å². The van der Waals surface area contributed by atoms with Crippen LogP contribution in [0.3, 0.4) is 0 Å². The van der Waals surface area contributed by atoms with Gasteiger partial charge in [0.05, 0.1) is 0 Å². The van der Waals surface area contributed by atoms with E-state index in [1.54, 1.807) is 0 Å². The first kappa shape index (κ1) is 7.02. The number of carbonyl (C=O) groups excluding carboxylic acids is 1. The van der Waals surface area contributed by atoms with Crippen molar-refractivity contribution < 1.29 is 4.79 Å². The van der Waals surface area contributed by atoms with Crippen molar-refractivity contribution in [2.75, 3.05) is 5.75 Å². The molecule has 0 saturated heterocycles. The van der Waals surface area contributed by atoms with Crippen molar-refractivity contribution in [1.82, 2.24) is 0 Å². The van der Waals surface area contributed by atoms with E-state index in [4.69, 9.17) is 0 Å². The molecule has 0 saturated carbocycles. The number of hydrogen-bond donors (Lipinski definition) is 1. The lowest BCUT2D eigenvalue weighted by Crippen LogP contribution is -1.94. The largest absolute Gasteiger partial charge is 0.303 e. The summed E-state index contributed by atoms with van der Waals surface area (Å²) < 4.78 is 0. The third-order valence-corrected chi connectivity index (χ3v) is 1.07. The third kappa shape index (κ3) is 3.86. The van der Waals surface area contributed by atoms with Gasteiger partial charge in [-0.2, -0.15) is 12.6 Å². The summed E-state index contributed by atoms with van der Waals surface area (Å²) in [5.74, 6) is 0.998. The fraction of sp³-hybridized carbons (Fsp3) is 0.800. The molecule has 0 heterocycles. The van der Waals surface area contributed by atoms with E-state index in [-0.39, 0.29) is 5.92 Å². The number of hydrogen-bond acceptors (Lipinski definition) is 2. The Balaban J connectivity index is 2.98. The second-order valence-corrected chi connectivity index (χ2v) is 2.07. The third-order valence-electron chi connectivity index (χ3n) is 0.817. The summed E-state index contributed by atoms with van der Waals surface area (Å²) in [5, 5.41) is 0. The normalized spacial score (nSPS) is 13.4. The zero-order valence-corrected chi connectivity index (χ0v) is 5.32. The van der Waals surface area contributed by atoms with Gasteiger partial charge in [0.1, 0.15) is 6.29 Å². The Morgan fingerprint density at radius 1 is 1.86 bits per heavy atom. The highest BCUT2D eigenvalue weighted by Gasteiger charge is 1.93. The minimum Gasteiger partial charge on any atom is -0.303 e. The van der Waals surface area contributed by atoms with E-state index in [1.807, 2.05) is 6.92 Å². The van der Waals surface area contributed by atoms with Gasteiger partial charge in [-0.15, -0.1) is 0 Å². The van der Waals surface area contributed by atoms with Crippen LogP contribution in [-0.4, -0.2) is 12.0 Å². The molecule has 0 spiro atoms. The maximum atomic E-state index is 9.86. The standard InChI is InChI=1S/C5H10OS/c1-5(4-6)2-3-7/h4-5,7H,2-3H2,1H3. The number of aldehydes is 1. The van der Waals surface area contributed by atoms with Gasteiger partial charge in [-0.3, -0.25) is 0 Å². The van der Waals surface area contributed by atoms with E-state index >= 15 is 0 Å². The molecule has 1 nitrogen and oxygen atoms in total. The molecule has 0 aliphatic heterocycles. The van der Waals surface area contributed by atoms with E-state index in [0.29, 0.717) is 0 Å². The van der Waals surface area contributed by atoms with Crippen LogP contribution < -0.4 is 0 Å². The zero-order valence-electron chi connectivity index (χ0n) is 4.42. The fourth-order valence-electron chi connectivity index (χ4n) is 0.272. The molecule has 0 bridgehead atoms. The van der Waals surface area contributed by atoms with E-state index in [9.17, 15) is 4.79 Å². The van der Waals surface area contributed by atoms with Crippen molar-refractivity contribution in [1.29, 1.82) is 0 Å². The Morgan fingerprint density at radius 3 is 2.57 bits per heavy atom. The molecule has 1 atom stereocenters. The van der Waals surface area contributed by atoms with Gasteiger partial charge >= 0.3 is 0 Å². The second kappa shape index (κ2) is 4.19. The first-order chi connectivity index (χ1) is 3.31. The predicted molar refractivity (Wildman–Crippen MR) is 33.7 cm³/mol. The van der Waals surface area contributed by atoms with Crippen LogP contribution >= 0.6 is 12.6 Å². The van der Waals surface area contributed by atoms with Crippen LogP contribution in [0, 0.1) is 5.92 Å². The molecule has 0 N–H and O–H groups in total. The molecular weight excluding hydrogens is 108 g/mol.